The van der Waals surface area contributed by atoms with E-state index >= 15 is 0 Å². The van der Waals surface area contributed by atoms with Crippen LogP contribution in [-0.2, 0) is 4.79 Å². The summed E-state index contributed by atoms with van der Waals surface area (Å²) in [7, 11) is 0. The minimum absolute atomic E-state index is 0.0473. The Labute approximate surface area is 151 Å². The molecule has 2 fully saturated rings. The molecule has 0 bridgehead atoms. The maximum atomic E-state index is 13.5. The second-order valence-corrected chi connectivity index (χ2v) is 6.97. The number of carbonyl (C=O) groups is 2. The van der Waals surface area contributed by atoms with Gasteiger partial charge >= 0.3 is 12.2 Å². The molecular weight excluding hydrogens is 378 g/mol. The summed E-state index contributed by atoms with van der Waals surface area (Å²) in [6.45, 7) is -0.158. The third-order valence-corrected chi connectivity index (χ3v) is 5.35. The first-order chi connectivity index (χ1) is 12.1. The zero-order valence-electron chi connectivity index (χ0n) is 13.4. The highest BCUT2D eigenvalue weighted by molar-refractivity contribution is 6.30. The molecular formula is C16H16ClF4N3O2. The van der Waals surface area contributed by atoms with E-state index in [1.54, 1.807) is 0 Å². The van der Waals surface area contributed by atoms with E-state index in [-0.39, 0.29) is 30.0 Å². The fourth-order valence-electron chi connectivity index (χ4n) is 3.62. The molecule has 1 saturated carbocycles. The Morgan fingerprint density at radius 2 is 2.04 bits per heavy atom. The molecule has 10 heteroatoms. The number of nitrogens with one attached hydrogen (secondary N) is 1. The van der Waals surface area contributed by atoms with Crippen LogP contribution >= 0.6 is 11.6 Å². The molecule has 26 heavy (non-hydrogen) atoms. The summed E-state index contributed by atoms with van der Waals surface area (Å²) < 4.78 is 53.3. The summed E-state index contributed by atoms with van der Waals surface area (Å²) in [5, 5.41) is 2.11. The van der Waals surface area contributed by atoms with Crippen LogP contribution in [0.1, 0.15) is 24.4 Å². The summed E-state index contributed by atoms with van der Waals surface area (Å²) in [4.78, 5) is 24.8. The van der Waals surface area contributed by atoms with Crippen molar-refractivity contribution in [3.05, 3.63) is 34.6 Å². The summed E-state index contributed by atoms with van der Waals surface area (Å²) in [6.07, 6.45) is -4.21. The van der Waals surface area contributed by atoms with Crippen LogP contribution in [0.3, 0.4) is 0 Å². The van der Waals surface area contributed by atoms with E-state index in [0.717, 1.165) is 11.0 Å². The molecule has 1 aromatic carbocycles. The van der Waals surface area contributed by atoms with E-state index in [1.165, 1.54) is 12.1 Å². The number of urea groups is 1. The van der Waals surface area contributed by atoms with Gasteiger partial charge in [-0.3, -0.25) is 4.79 Å². The van der Waals surface area contributed by atoms with Gasteiger partial charge in [0.1, 0.15) is 11.9 Å². The number of nitrogens with zero attached hydrogens (tertiary/aromatic N) is 1. The van der Waals surface area contributed by atoms with Crippen molar-refractivity contribution in [1.29, 1.82) is 0 Å². The van der Waals surface area contributed by atoms with E-state index in [4.69, 9.17) is 17.3 Å². The van der Waals surface area contributed by atoms with Crippen LogP contribution in [0, 0.1) is 17.7 Å². The van der Waals surface area contributed by atoms with Gasteiger partial charge in [0.15, 0.2) is 0 Å². The quantitative estimate of drug-likeness (QED) is 0.772. The van der Waals surface area contributed by atoms with Crippen molar-refractivity contribution in [2.24, 2.45) is 17.6 Å². The minimum atomic E-state index is -4.41. The monoisotopic (exact) mass is 393 g/mol. The maximum absolute atomic E-state index is 13.5. The molecule has 1 aliphatic heterocycles. The van der Waals surface area contributed by atoms with Crippen molar-refractivity contribution in [3.63, 3.8) is 0 Å². The first kappa shape index (κ1) is 18.8. The number of halogens is 5. The van der Waals surface area contributed by atoms with Crippen LogP contribution in [0.15, 0.2) is 18.2 Å². The second kappa shape index (κ2) is 6.61. The smallest absolute Gasteiger partial charge is 0.368 e. The zero-order valence-corrected chi connectivity index (χ0v) is 14.1. The Bertz CT molecular complexity index is 743. The molecule has 1 heterocycles. The highest BCUT2D eigenvalue weighted by Gasteiger charge is 2.55. The number of alkyl halides is 3. The van der Waals surface area contributed by atoms with Crippen LogP contribution in [0.5, 0.6) is 0 Å². The third kappa shape index (κ3) is 3.32. The number of hydrogen-bond donors (Lipinski definition) is 2. The van der Waals surface area contributed by atoms with Crippen LogP contribution in [0.4, 0.5) is 22.4 Å². The van der Waals surface area contributed by atoms with Crippen molar-refractivity contribution in [1.82, 2.24) is 10.2 Å². The summed E-state index contributed by atoms with van der Waals surface area (Å²) >= 11 is 5.78. The molecule has 0 radical (unpaired) electrons. The van der Waals surface area contributed by atoms with Gasteiger partial charge in [-0.15, -0.1) is 0 Å². The van der Waals surface area contributed by atoms with Crippen molar-refractivity contribution in [2.75, 3.05) is 6.54 Å². The van der Waals surface area contributed by atoms with Gasteiger partial charge in [0, 0.05) is 0 Å². The highest BCUT2D eigenvalue weighted by Crippen LogP contribution is 2.53. The van der Waals surface area contributed by atoms with Crippen molar-refractivity contribution in [3.8, 4) is 0 Å². The van der Waals surface area contributed by atoms with E-state index in [1.807, 2.05) is 0 Å². The zero-order chi connectivity index (χ0) is 19.2. The molecule has 3 amide bonds. The number of rotatable bonds is 4. The van der Waals surface area contributed by atoms with Gasteiger partial charge in [0.25, 0.3) is 0 Å². The summed E-state index contributed by atoms with van der Waals surface area (Å²) in [6, 6.07) is 0.904. The molecule has 1 aromatic rings. The predicted octanol–water partition coefficient (Wildman–Crippen LogP) is 2.99. The average Bonchev–Trinajstić information content (AvgIpc) is 2.86. The van der Waals surface area contributed by atoms with Crippen LogP contribution in [-0.4, -0.2) is 35.6 Å². The minimum Gasteiger partial charge on any atom is -0.368 e. The molecule has 1 unspecified atom stereocenters. The van der Waals surface area contributed by atoms with Crippen molar-refractivity contribution < 1.29 is 27.2 Å². The van der Waals surface area contributed by atoms with Gasteiger partial charge < -0.3 is 16.0 Å². The van der Waals surface area contributed by atoms with Gasteiger partial charge in [-0.25, -0.2) is 9.18 Å². The predicted molar refractivity (Wildman–Crippen MR) is 84.6 cm³/mol. The number of carbonyl (C=O) groups excluding carboxylic acids is 2. The van der Waals surface area contributed by atoms with E-state index < -0.39 is 47.9 Å². The Morgan fingerprint density at radius 1 is 1.35 bits per heavy atom. The second-order valence-electron chi connectivity index (χ2n) is 6.56. The Kier molecular flexibility index (Phi) is 4.76. The topological polar surface area (TPSA) is 75.4 Å². The Balaban J connectivity index is 1.98. The van der Waals surface area contributed by atoms with Gasteiger partial charge in [-0.2, -0.15) is 13.2 Å². The Hall–Kier alpha value is -2.03. The molecule has 142 valence electrons. The average molecular weight is 394 g/mol. The lowest BCUT2D eigenvalue weighted by atomic mass is 9.67. The van der Waals surface area contributed by atoms with Crippen molar-refractivity contribution >= 4 is 23.5 Å². The number of primary amides is 1. The third-order valence-electron chi connectivity index (χ3n) is 5.06. The normalized spacial score (nSPS) is 27.0. The SMILES string of the molecule is NC(=O)C1CN([C@H](c2ccc(F)c(Cl)c2)[C@@H]2CC[C@H]2C(F)(F)F)C(=O)N1. The molecule has 1 aliphatic carbocycles. The van der Waals surface area contributed by atoms with Gasteiger partial charge in [0.05, 0.1) is 23.5 Å². The molecule has 5 nitrogen and oxygen atoms in total. The lowest BCUT2D eigenvalue weighted by molar-refractivity contribution is -0.220. The van der Waals surface area contributed by atoms with E-state index in [9.17, 15) is 27.2 Å². The fourth-order valence-corrected chi connectivity index (χ4v) is 3.81. The van der Waals surface area contributed by atoms with E-state index in [0.29, 0.717) is 0 Å². The molecule has 3 rings (SSSR count). The van der Waals surface area contributed by atoms with Crippen LogP contribution < -0.4 is 11.1 Å². The highest BCUT2D eigenvalue weighted by atomic mass is 35.5. The number of benzene rings is 1. The van der Waals surface area contributed by atoms with Crippen molar-refractivity contribution in [2.45, 2.75) is 31.1 Å². The fraction of sp³-hybridized carbons (Fsp3) is 0.500. The summed E-state index contributed by atoms with van der Waals surface area (Å²) in [5.74, 6) is -3.99. The molecule has 0 spiro atoms. The molecule has 0 aromatic heterocycles. The van der Waals surface area contributed by atoms with Gasteiger partial charge in [-0.05, 0) is 36.5 Å². The lowest BCUT2D eigenvalue weighted by Crippen LogP contribution is -2.47. The largest absolute Gasteiger partial charge is 0.392 e. The van der Waals surface area contributed by atoms with Crippen LogP contribution in [0.25, 0.3) is 0 Å². The first-order valence-corrected chi connectivity index (χ1v) is 8.35. The first-order valence-electron chi connectivity index (χ1n) is 7.97. The summed E-state index contributed by atoms with van der Waals surface area (Å²) in [5.41, 5.74) is 5.48. The number of amides is 3. The Morgan fingerprint density at radius 3 is 2.50 bits per heavy atom. The maximum Gasteiger partial charge on any atom is 0.392 e. The number of nitrogens with two attached hydrogens (primary N) is 1. The van der Waals surface area contributed by atoms with Crippen LogP contribution in [0.2, 0.25) is 5.02 Å². The molecule has 4 atom stereocenters. The number of hydrogen-bond acceptors (Lipinski definition) is 2. The molecule has 1 saturated heterocycles. The van der Waals surface area contributed by atoms with E-state index in [2.05, 4.69) is 5.32 Å². The standard InChI is InChI=1S/C16H16ClF4N3O2/c17-10-5-7(1-4-11(10)18)13(8-2-3-9(8)16(19,20)21)24-6-12(14(22)25)23-15(24)26/h1,4-5,8-9,12-13H,2-3,6H2,(H2,22,25)(H,23,26)/t8-,9-,12?,13-/m1/s1. The molecule has 3 N–H and O–H groups in total. The van der Waals surface area contributed by atoms with Gasteiger partial charge in [0.2, 0.25) is 5.91 Å². The lowest BCUT2D eigenvalue weighted by Gasteiger charge is -2.45. The van der Waals surface area contributed by atoms with Gasteiger partial charge in [-0.1, -0.05) is 17.7 Å². The molecule has 2 aliphatic rings.